The van der Waals surface area contributed by atoms with Crippen molar-refractivity contribution in [3.63, 3.8) is 0 Å². The van der Waals surface area contributed by atoms with E-state index in [2.05, 4.69) is 13.8 Å². The van der Waals surface area contributed by atoms with E-state index >= 15 is 0 Å². The number of aliphatic hydroxyl groups excluding tert-OH is 1. The average molecular weight is 246 g/mol. The highest BCUT2D eigenvalue weighted by atomic mass is 16.3. The van der Waals surface area contributed by atoms with Gasteiger partial charge in [-0.25, -0.2) is 0 Å². The summed E-state index contributed by atoms with van der Waals surface area (Å²) in [5.41, 5.74) is 1.06. The van der Waals surface area contributed by atoms with Crippen LogP contribution in [0.4, 0.5) is 0 Å². The summed E-state index contributed by atoms with van der Waals surface area (Å²) in [5.74, 6) is 2.56. The molecule has 3 unspecified atom stereocenters. The summed E-state index contributed by atoms with van der Waals surface area (Å²) >= 11 is 0. The summed E-state index contributed by atoms with van der Waals surface area (Å²) in [7, 11) is 0. The molecule has 3 atom stereocenters. The molecule has 1 aromatic carbocycles. The van der Waals surface area contributed by atoms with Crippen LogP contribution in [0.15, 0.2) is 30.3 Å². The van der Waals surface area contributed by atoms with Crippen molar-refractivity contribution in [1.29, 1.82) is 0 Å². The third kappa shape index (κ3) is 3.84. The Morgan fingerprint density at radius 1 is 1.06 bits per heavy atom. The first kappa shape index (κ1) is 13.6. The molecule has 0 aliphatic heterocycles. The Kier molecular flexibility index (Phi) is 4.82. The molecule has 0 heterocycles. The molecular weight excluding hydrogens is 220 g/mol. The smallest absolute Gasteiger partial charge is 0.0790 e. The van der Waals surface area contributed by atoms with Crippen LogP contribution in [0, 0.1) is 17.8 Å². The van der Waals surface area contributed by atoms with Crippen molar-refractivity contribution in [2.45, 2.75) is 52.1 Å². The van der Waals surface area contributed by atoms with Gasteiger partial charge in [0.15, 0.2) is 0 Å². The van der Waals surface area contributed by atoms with Crippen LogP contribution in [0.3, 0.4) is 0 Å². The van der Waals surface area contributed by atoms with Crippen LogP contribution in [0.5, 0.6) is 0 Å². The molecule has 100 valence electrons. The maximum absolute atomic E-state index is 10.2. The van der Waals surface area contributed by atoms with E-state index in [-0.39, 0.29) is 6.10 Å². The third-order valence-electron chi connectivity index (χ3n) is 4.31. The van der Waals surface area contributed by atoms with Gasteiger partial charge in [-0.05, 0) is 55.4 Å². The van der Waals surface area contributed by atoms with Gasteiger partial charge >= 0.3 is 0 Å². The Bertz CT molecular complexity index is 336. The van der Waals surface area contributed by atoms with Crippen LogP contribution in [-0.2, 0) is 0 Å². The van der Waals surface area contributed by atoms with Crippen LogP contribution < -0.4 is 0 Å². The number of hydrogen-bond acceptors (Lipinski definition) is 1. The first-order valence-electron chi connectivity index (χ1n) is 7.38. The van der Waals surface area contributed by atoms with E-state index in [1.807, 2.05) is 30.3 Å². The second-order valence-electron chi connectivity index (χ2n) is 6.29. The molecule has 1 aromatic rings. The Morgan fingerprint density at radius 3 is 2.28 bits per heavy atom. The number of rotatable bonds is 4. The summed E-state index contributed by atoms with van der Waals surface area (Å²) in [6.45, 7) is 4.74. The van der Waals surface area contributed by atoms with Crippen molar-refractivity contribution >= 4 is 0 Å². The summed E-state index contributed by atoms with van der Waals surface area (Å²) in [6, 6.07) is 10.1. The van der Waals surface area contributed by atoms with E-state index < -0.39 is 0 Å². The highest BCUT2D eigenvalue weighted by Crippen LogP contribution is 2.36. The third-order valence-corrected chi connectivity index (χ3v) is 4.31. The normalized spacial score (nSPS) is 30.1. The predicted octanol–water partition coefficient (Wildman–Crippen LogP) is 4.57. The topological polar surface area (TPSA) is 20.2 Å². The molecule has 0 spiro atoms. The SMILES string of the molecule is CC1CC(C)CC(CCC(O)c2ccccc2)C1. The van der Waals surface area contributed by atoms with E-state index in [0.717, 1.165) is 29.7 Å². The van der Waals surface area contributed by atoms with Crippen LogP contribution in [-0.4, -0.2) is 5.11 Å². The average Bonchev–Trinajstić information content (AvgIpc) is 2.36. The minimum Gasteiger partial charge on any atom is -0.388 e. The molecule has 0 aromatic heterocycles. The summed E-state index contributed by atoms with van der Waals surface area (Å²) in [4.78, 5) is 0. The molecule has 1 saturated carbocycles. The maximum atomic E-state index is 10.2. The molecule has 0 bridgehead atoms. The van der Waals surface area contributed by atoms with Gasteiger partial charge in [-0.2, -0.15) is 0 Å². The van der Waals surface area contributed by atoms with Gasteiger partial charge in [0, 0.05) is 0 Å². The molecular formula is C17H26O. The maximum Gasteiger partial charge on any atom is 0.0790 e. The fourth-order valence-corrected chi connectivity index (χ4v) is 3.58. The zero-order chi connectivity index (χ0) is 13.0. The molecule has 2 rings (SSSR count). The van der Waals surface area contributed by atoms with Crippen molar-refractivity contribution in [3.8, 4) is 0 Å². The van der Waals surface area contributed by atoms with Gasteiger partial charge in [0.1, 0.15) is 0 Å². The molecule has 0 saturated heterocycles. The van der Waals surface area contributed by atoms with Crippen LogP contribution in [0.1, 0.15) is 57.6 Å². The lowest BCUT2D eigenvalue weighted by molar-refractivity contribution is 0.137. The van der Waals surface area contributed by atoms with E-state index in [1.165, 1.54) is 25.7 Å². The first-order valence-corrected chi connectivity index (χ1v) is 7.38. The van der Waals surface area contributed by atoms with Crippen molar-refractivity contribution in [3.05, 3.63) is 35.9 Å². The number of aliphatic hydroxyl groups is 1. The minimum absolute atomic E-state index is 0.279. The van der Waals surface area contributed by atoms with E-state index in [4.69, 9.17) is 0 Å². The van der Waals surface area contributed by atoms with Crippen molar-refractivity contribution in [2.24, 2.45) is 17.8 Å². The Labute approximate surface area is 111 Å². The van der Waals surface area contributed by atoms with Gasteiger partial charge in [-0.3, -0.25) is 0 Å². The summed E-state index contributed by atoms with van der Waals surface area (Å²) in [5, 5.41) is 10.2. The summed E-state index contributed by atoms with van der Waals surface area (Å²) in [6.07, 6.45) is 5.90. The van der Waals surface area contributed by atoms with E-state index in [9.17, 15) is 5.11 Å². The molecule has 1 N–H and O–H groups in total. The standard InChI is InChI=1S/C17H26O/c1-13-10-14(2)12-15(11-13)8-9-17(18)16-6-4-3-5-7-16/h3-7,13-15,17-18H,8-12H2,1-2H3. The lowest BCUT2D eigenvalue weighted by atomic mass is 9.75. The second kappa shape index (κ2) is 6.38. The van der Waals surface area contributed by atoms with Gasteiger partial charge in [0.2, 0.25) is 0 Å². The molecule has 1 aliphatic rings. The predicted molar refractivity (Wildman–Crippen MR) is 76.3 cm³/mol. The summed E-state index contributed by atoms with van der Waals surface area (Å²) < 4.78 is 0. The van der Waals surface area contributed by atoms with Gasteiger partial charge in [0.05, 0.1) is 6.10 Å². The fraction of sp³-hybridized carbons (Fsp3) is 0.647. The molecule has 1 fully saturated rings. The van der Waals surface area contributed by atoms with Crippen LogP contribution >= 0.6 is 0 Å². The van der Waals surface area contributed by atoms with E-state index in [0.29, 0.717) is 0 Å². The van der Waals surface area contributed by atoms with Gasteiger partial charge in [-0.15, -0.1) is 0 Å². The quantitative estimate of drug-likeness (QED) is 0.825. The minimum atomic E-state index is -0.279. The Morgan fingerprint density at radius 2 is 1.67 bits per heavy atom. The Hall–Kier alpha value is -0.820. The molecule has 1 aliphatic carbocycles. The first-order chi connectivity index (χ1) is 8.65. The molecule has 0 amide bonds. The van der Waals surface area contributed by atoms with Gasteiger partial charge in [-0.1, -0.05) is 44.2 Å². The number of benzene rings is 1. The van der Waals surface area contributed by atoms with Gasteiger partial charge < -0.3 is 5.11 Å². The van der Waals surface area contributed by atoms with Crippen LogP contribution in [0.25, 0.3) is 0 Å². The number of hydrogen-bond donors (Lipinski definition) is 1. The zero-order valence-electron chi connectivity index (χ0n) is 11.7. The highest BCUT2D eigenvalue weighted by Gasteiger charge is 2.24. The van der Waals surface area contributed by atoms with E-state index in [1.54, 1.807) is 0 Å². The van der Waals surface area contributed by atoms with Crippen LogP contribution in [0.2, 0.25) is 0 Å². The highest BCUT2D eigenvalue weighted by molar-refractivity contribution is 5.17. The van der Waals surface area contributed by atoms with Crippen molar-refractivity contribution in [2.75, 3.05) is 0 Å². The molecule has 0 radical (unpaired) electrons. The monoisotopic (exact) mass is 246 g/mol. The molecule has 1 heteroatoms. The second-order valence-corrected chi connectivity index (χ2v) is 6.29. The van der Waals surface area contributed by atoms with Gasteiger partial charge in [0.25, 0.3) is 0 Å². The molecule has 18 heavy (non-hydrogen) atoms. The largest absolute Gasteiger partial charge is 0.388 e. The molecule has 1 nitrogen and oxygen atoms in total. The lowest BCUT2D eigenvalue weighted by Crippen LogP contribution is -2.20. The van der Waals surface area contributed by atoms with Crippen molar-refractivity contribution < 1.29 is 5.11 Å². The zero-order valence-corrected chi connectivity index (χ0v) is 11.7. The lowest BCUT2D eigenvalue weighted by Gasteiger charge is -2.31. The Balaban J connectivity index is 1.81. The van der Waals surface area contributed by atoms with Crippen molar-refractivity contribution in [1.82, 2.24) is 0 Å². The fourth-order valence-electron chi connectivity index (χ4n) is 3.58.